The first kappa shape index (κ1) is 23.7. The summed E-state index contributed by atoms with van der Waals surface area (Å²) in [5.41, 5.74) is 0.758. The Hall–Kier alpha value is -1.57. The van der Waals surface area contributed by atoms with E-state index in [9.17, 15) is 4.79 Å². The molecule has 8 heteroatoms. The highest BCUT2D eigenvalue weighted by atomic mass is 35.5. The van der Waals surface area contributed by atoms with Crippen molar-refractivity contribution in [3.8, 4) is 11.5 Å². The minimum absolute atomic E-state index is 0. The number of fused-ring (bicyclic) bond motifs is 1. The zero-order chi connectivity index (χ0) is 20.1. The van der Waals surface area contributed by atoms with Crippen LogP contribution >= 0.6 is 23.7 Å². The molecule has 1 aliphatic rings. The first-order chi connectivity index (χ1) is 13.6. The highest BCUT2D eigenvalue weighted by Gasteiger charge is 2.30. The van der Waals surface area contributed by atoms with Crippen molar-refractivity contribution < 1.29 is 14.3 Å². The van der Waals surface area contributed by atoms with Crippen LogP contribution in [0.4, 0.5) is 5.13 Å². The van der Waals surface area contributed by atoms with Gasteiger partial charge in [-0.1, -0.05) is 38.0 Å². The molecule has 1 aliphatic carbocycles. The average Bonchev–Trinajstić information content (AvgIpc) is 3.40. The lowest BCUT2D eigenvalue weighted by Crippen LogP contribution is -2.41. The summed E-state index contributed by atoms with van der Waals surface area (Å²) < 4.78 is 11.9. The van der Waals surface area contributed by atoms with Gasteiger partial charge in [0.15, 0.2) is 5.13 Å². The Morgan fingerprint density at radius 2 is 1.72 bits per heavy atom. The number of carbonyl (C=O) groups excluding carboxylic acids is 1. The number of benzene rings is 1. The summed E-state index contributed by atoms with van der Waals surface area (Å²) in [6.07, 6.45) is 4.25. The van der Waals surface area contributed by atoms with Gasteiger partial charge in [0.2, 0.25) is 5.91 Å². The number of ether oxygens (including phenoxy) is 2. The Morgan fingerprint density at radius 1 is 1.10 bits per heavy atom. The van der Waals surface area contributed by atoms with E-state index in [1.54, 1.807) is 14.2 Å². The van der Waals surface area contributed by atoms with E-state index in [2.05, 4.69) is 18.7 Å². The number of hydrogen-bond donors (Lipinski definition) is 0. The number of likely N-dealkylation sites (N-methyl/N-ethyl adjacent to an activating group) is 1. The third-order valence-corrected chi connectivity index (χ3v) is 6.73. The van der Waals surface area contributed by atoms with Crippen LogP contribution in [0.2, 0.25) is 0 Å². The molecular formula is C21H32ClN3O3S. The predicted molar refractivity (Wildman–Crippen MR) is 122 cm³/mol. The fraction of sp³-hybridized carbons (Fsp3) is 0.619. The second-order valence-electron chi connectivity index (χ2n) is 7.14. The molecule has 1 fully saturated rings. The molecule has 2 aromatic rings. The van der Waals surface area contributed by atoms with Gasteiger partial charge in [0.25, 0.3) is 0 Å². The van der Waals surface area contributed by atoms with E-state index in [4.69, 9.17) is 14.5 Å². The molecule has 0 bridgehead atoms. The second kappa shape index (κ2) is 11.0. The fourth-order valence-electron chi connectivity index (χ4n) is 3.86. The number of rotatable bonds is 9. The van der Waals surface area contributed by atoms with Crippen LogP contribution in [0.5, 0.6) is 11.5 Å². The normalized spacial score (nSPS) is 14.2. The van der Waals surface area contributed by atoms with Gasteiger partial charge < -0.3 is 14.4 Å². The van der Waals surface area contributed by atoms with Crippen LogP contribution in [0, 0.1) is 5.92 Å². The maximum atomic E-state index is 13.3. The number of amides is 1. The Morgan fingerprint density at radius 3 is 2.31 bits per heavy atom. The Balaban J connectivity index is 0.00000300. The van der Waals surface area contributed by atoms with Crippen LogP contribution in [-0.4, -0.2) is 56.2 Å². The maximum Gasteiger partial charge on any atom is 0.231 e. The van der Waals surface area contributed by atoms with Crippen molar-refractivity contribution in [1.29, 1.82) is 0 Å². The zero-order valence-corrected chi connectivity index (χ0v) is 19.4. The first-order valence-electron chi connectivity index (χ1n) is 10.2. The number of aromatic nitrogens is 1. The van der Waals surface area contributed by atoms with E-state index in [0.29, 0.717) is 12.3 Å². The van der Waals surface area contributed by atoms with Gasteiger partial charge in [0, 0.05) is 19.0 Å². The van der Waals surface area contributed by atoms with Gasteiger partial charge in [0.05, 0.1) is 14.2 Å². The van der Waals surface area contributed by atoms with Crippen molar-refractivity contribution in [2.75, 3.05) is 45.3 Å². The number of thiazole rings is 1. The molecule has 6 nitrogen and oxygen atoms in total. The van der Waals surface area contributed by atoms with Crippen molar-refractivity contribution in [1.82, 2.24) is 9.88 Å². The van der Waals surface area contributed by atoms with Crippen molar-refractivity contribution in [3.63, 3.8) is 0 Å². The summed E-state index contributed by atoms with van der Waals surface area (Å²) in [4.78, 5) is 22.4. The molecule has 1 aromatic heterocycles. The van der Waals surface area contributed by atoms with Crippen LogP contribution in [0.25, 0.3) is 10.2 Å². The number of carbonyl (C=O) groups is 1. The van der Waals surface area contributed by atoms with Gasteiger partial charge in [-0.15, -0.1) is 12.4 Å². The molecule has 3 rings (SSSR count). The third kappa shape index (κ3) is 5.13. The lowest BCUT2D eigenvalue weighted by Gasteiger charge is -2.26. The molecule has 0 N–H and O–H groups in total. The molecule has 0 saturated heterocycles. The van der Waals surface area contributed by atoms with E-state index in [1.165, 1.54) is 11.3 Å². The number of hydrogen-bond acceptors (Lipinski definition) is 6. The largest absolute Gasteiger partial charge is 0.495 e. The Bertz CT molecular complexity index is 763. The maximum absolute atomic E-state index is 13.3. The number of nitrogens with zero attached hydrogens (tertiary/aromatic N) is 3. The lowest BCUT2D eigenvalue weighted by molar-refractivity contribution is -0.122. The molecule has 1 saturated carbocycles. The van der Waals surface area contributed by atoms with Crippen molar-refractivity contribution >= 4 is 45.0 Å². The van der Waals surface area contributed by atoms with E-state index >= 15 is 0 Å². The quantitative estimate of drug-likeness (QED) is 0.569. The number of anilines is 1. The van der Waals surface area contributed by atoms with Gasteiger partial charge >= 0.3 is 0 Å². The summed E-state index contributed by atoms with van der Waals surface area (Å²) in [6.45, 7) is 7.75. The average molecular weight is 442 g/mol. The molecule has 0 aliphatic heterocycles. The molecule has 0 unspecified atom stereocenters. The van der Waals surface area contributed by atoms with Crippen molar-refractivity contribution in [2.45, 2.75) is 39.5 Å². The molecule has 162 valence electrons. The van der Waals surface area contributed by atoms with Crippen LogP contribution < -0.4 is 14.4 Å². The molecular weight excluding hydrogens is 410 g/mol. The molecule has 1 heterocycles. The Labute approximate surface area is 183 Å². The number of halogens is 1. The van der Waals surface area contributed by atoms with E-state index in [1.807, 2.05) is 17.0 Å². The smallest absolute Gasteiger partial charge is 0.231 e. The minimum Gasteiger partial charge on any atom is -0.495 e. The lowest BCUT2D eigenvalue weighted by atomic mass is 10.1. The summed E-state index contributed by atoms with van der Waals surface area (Å²) in [7, 11) is 3.30. The highest BCUT2D eigenvalue weighted by molar-refractivity contribution is 7.22. The summed E-state index contributed by atoms with van der Waals surface area (Å²) in [5, 5.41) is 0.738. The van der Waals surface area contributed by atoms with Crippen LogP contribution in [0.15, 0.2) is 12.1 Å². The minimum atomic E-state index is 0. The third-order valence-electron chi connectivity index (χ3n) is 5.63. The van der Waals surface area contributed by atoms with Crippen LogP contribution in [0.3, 0.4) is 0 Å². The van der Waals surface area contributed by atoms with E-state index in [-0.39, 0.29) is 24.2 Å². The molecule has 1 amide bonds. The van der Waals surface area contributed by atoms with Crippen LogP contribution in [-0.2, 0) is 4.79 Å². The van der Waals surface area contributed by atoms with Crippen molar-refractivity contribution in [2.24, 2.45) is 5.92 Å². The second-order valence-corrected chi connectivity index (χ2v) is 8.12. The van der Waals surface area contributed by atoms with Crippen LogP contribution in [0.1, 0.15) is 39.5 Å². The monoisotopic (exact) mass is 441 g/mol. The molecule has 29 heavy (non-hydrogen) atoms. The molecule has 0 spiro atoms. The summed E-state index contributed by atoms with van der Waals surface area (Å²) >= 11 is 1.51. The van der Waals surface area contributed by atoms with Gasteiger partial charge in [-0.25, -0.2) is 4.98 Å². The highest BCUT2D eigenvalue weighted by Crippen LogP contribution is 2.41. The standard InChI is InChI=1S/C21H31N3O3S.ClH/c1-5-23(6-2)13-14-24(20(25)15-9-7-8-10-15)21-22-18-16(26-3)11-12-17(27-4)19(18)28-21;/h11-12,15H,5-10,13-14H2,1-4H3;1H. The Kier molecular flexibility index (Phi) is 8.99. The summed E-state index contributed by atoms with van der Waals surface area (Å²) in [6, 6.07) is 3.76. The summed E-state index contributed by atoms with van der Waals surface area (Å²) in [5.74, 6) is 1.79. The van der Waals surface area contributed by atoms with Crippen molar-refractivity contribution in [3.05, 3.63) is 12.1 Å². The van der Waals surface area contributed by atoms with E-state index < -0.39 is 0 Å². The van der Waals surface area contributed by atoms with Gasteiger partial charge in [-0.05, 0) is 38.1 Å². The fourth-order valence-corrected chi connectivity index (χ4v) is 4.97. The predicted octanol–water partition coefficient (Wildman–Crippen LogP) is 4.60. The van der Waals surface area contributed by atoms with E-state index in [0.717, 1.165) is 66.4 Å². The zero-order valence-electron chi connectivity index (χ0n) is 17.8. The number of methoxy groups -OCH3 is 2. The molecule has 0 atom stereocenters. The van der Waals surface area contributed by atoms with Gasteiger partial charge in [-0.2, -0.15) is 0 Å². The van der Waals surface area contributed by atoms with Gasteiger partial charge in [0.1, 0.15) is 21.7 Å². The molecule has 1 aromatic carbocycles. The van der Waals surface area contributed by atoms with Gasteiger partial charge in [-0.3, -0.25) is 9.69 Å². The first-order valence-corrected chi connectivity index (χ1v) is 11.0. The topological polar surface area (TPSA) is 54.9 Å². The SMILES string of the molecule is CCN(CC)CCN(C(=O)C1CCCC1)c1nc2c(OC)ccc(OC)c2s1.Cl. The molecule has 0 radical (unpaired) electrons.